The Labute approximate surface area is 271 Å². The molecule has 0 aromatic heterocycles. The van der Waals surface area contributed by atoms with Gasteiger partial charge in [-0.1, -0.05) is 54.6 Å². The maximum absolute atomic E-state index is 9.56. The Bertz CT molecular complexity index is 1060. The van der Waals surface area contributed by atoms with E-state index in [0.717, 1.165) is 5.75 Å². The number of nitrogens with one attached hydrogen (secondary N) is 2. The molecule has 0 aliphatic carbocycles. The highest BCUT2D eigenvalue weighted by atomic mass is 16.6. The van der Waals surface area contributed by atoms with E-state index in [1.807, 2.05) is 91.0 Å². The number of ether oxygens (including phenoxy) is 6. The Morgan fingerprint density at radius 2 is 0.891 bits per heavy atom. The quantitative estimate of drug-likeness (QED) is 0.0610. The minimum atomic E-state index is -0.439. The summed E-state index contributed by atoms with van der Waals surface area (Å²) in [6, 6.07) is 28.4. The second-order valence-electron chi connectivity index (χ2n) is 10.3. The molecule has 3 aromatic rings. The summed E-state index contributed by atoms with van der Waals surface area (Å²) >= 11 is 0. The molecule has 0 radical (unpaired) electrons. The smallest absolute Gasteiger partial charge is 0.144 e. The molecule has 3 atom stereocenters. The summed E-state index contributed by atoms with van der Waals surface area (Å²) in [6.07, 6.45) is -1.14. The van der Waals surface area contributed by atoms with Gasteiger partial charge in [0, 0.05) is 45.8 Å². The van der Waals surface area contributed by atoms with Crippen molar-refractivity contribution < 1.29 is 43.7 Å². The minimum absolute atomic E-state index is 0.246. The number of aliphatic hydroxyl groups is 3. The molecular formula is C34H49N3O9. The molecule has 0 aliphatic rings. The van der Waals surface area contributed by atoms with Crippen LogP contribution in [0.2, 0.25) is 0 Å². The van der Waals surface area contributed by atoms with Gasteiger partial charge in [0.05, 0.1) is 0 Å². The first-order valence-electron chi connectivity index (χ1n) is 15.5. The van der Waals surface area contributed by atoms with Gasteiger partial charge >= 0.3 is 0 Å². The lowest BCUT2D eigenvalue weighted by atomic mass is 10.2. The summed E-state index contributed by atoms with van der Waals surface area (Å²) in [7, 11) is 0. The number of benzene rings is 3. The van der Waals surface area contributed by atoms with Crippen LogP contribution in [0.5, 0.6) is 17.2 Å². The van der Waals surface area contributed by atoms with Gasteiger partial charge in [-0.25, -0.2) is 0 Å². The van der Waals surface area contributed by atoms with E-state index in [9.17, 15) is 15.3 Å². The minimum Gasteiger partial charge on any atom is -0.491 e. The van der Waals surface area contributed by atoms with Crippen molar-refractivity contribution in [2.24, 2.45) is 0 Å². The number of nitrogens with zero attached hydrogens (tertiary/aromatic N) is 1. The van der Waals surface area contributed by atoms with Gasteiger partial charge in [0.2, 0.25) is 0 Å². The van der Waals surface area contributed by atoms with Crippen LogP contribution in [0, 0.1) is 0 Å². The Morgan fingerprint density at radius 1 is 0.500 bits per heavy atom. The third-order valence-corrected chi connectivity index (χ3v) is 6.85. The second kappa shape index (κ2) is 24.0. The first-order chi connectivity index (χ1) is 22.7. The van der Waals surface area contributed by atoms with E-state index in [4.69, 9.17) is 28.4 Å². The monoisotopic (exact) mass is 643 g/mol. The summed E-state index contributed by atoms with van der Waals surface area (Å²) in [5.41, 5.74) is 0. The van der Waals surface area contributed by atoms with Crippen molar-refractivity contribution in [3.05, 3.63) is 91.0 Å². The van der Waals surface area contributed by atoms with Crippen LogP contribution in [0.4, 0.5) is 0 Å². The fourth-order valence-electron chi connectivity index (χ4n) is 4.54. The van der Waals surface area contributed by atoms with E-state index < -0.39 is 25.8 Å². The van der Waals surface area contributed by atoms with Gasteiger partial charge in [-0.3, -0.25) is 4.90 Å². The lowest BCUT2D eigenvalue weighted by molar-refractivity contribution is -0.0944. The molecule has 0 spiro atoms. The molecule has 12 nitrogen and oxygen atoms in total. The maximum atomic E-state index is 9.56. The van der Waals surface area contributed by atoms with Crippen LogP contribution in [-0.4, -0.2) is 125 Å². The van der Waals surface area contributed by atoms with Crippen LogP contribution in [-0.2, 0) is 14.2 Å². The number of rotatable bonds is 27. The number of para-hydroxylation sites is 3. The van der Waals surface area contributed by atoms with Crippen LogP contribution >= 0.6 is 0 Å². The van der Waals surface area contributed by atoms with E-state index in [2.05, 4.69) is 15.5 Å². The lowest BCUT2D eigenvalue weighted by Gasteiger charge is -2.30. The number of hydrogen-bond acceptors (Lipinski definition) is 12. The molecule has 0 aliphatic heterocycles. The molecule has 3 aromatic carbocycles. The maximum Gasteiger partial charge on any atom is 0.144 e. The topological polar surface area (TPSA) is 143 Å². The fourth-order valence-corrected chi connectivity index (χ4v) is 4.54. The highest BCUT2D eigenvalue weighted by Gasteiger charge is 2.21. The summed E-state index contributed by atoms with van der Waals surface area (Å²) in [5, 5.41) is 35.1. The van der Waals surface area contributed by atoms with Gasteiger partial charge < -0.3 is 54.4 Å². The SMILES string of the molecule is OCOC(CNCCNCCN(CC(COc1ccccc1)OCO)CC(COc1ccccc1)OCO)COc1ccccc1. The molecule has 0 amide bonds. The van der Waals surface area contributed by atoms with Crippen molar-refractivity contribution >= 4 is 0 Å². The lowest BCUT2D eigenvalue weighted by Crippen LogP contribution is -2.46. The molecule has 0 saturated carbocycles. The average molecular weight is 644 g/mol. The average Bonchev–Trinajstić information content (AvgIpc) is 3.09. The van der Waals surface area contributed by atoms with Gasteiger partial charge in [0.25, 0.3) is 0 Å². The van der Waals surface area contributed by atoms with Crippen molar-refractivity contribution in [1.29, 1.82) is 0 Å². The van der Waals surface area contributed by atoms with E-state index in [-0.39, 0.29) is 26.1 Å². The molecule has 3 rings (SSSR count). The van der Waals surface area contributed by atoms with E-state index >= 15 is 0 Å². The third kappa shape index (κ3) is 16.3. The zero-order chi connectivity index (χ0) is 32.5. The Hall–Kier alpha value is -3.30. The zero-order valence-electron chi connectivity index (χ0n) is 26.3. The van der Waals surface area contributed by atoms with Gasteiger partial charge in [0.15, 0.2) is 0 Å². The Morgan fingerprint density at radius 3 is 1.33 bits per heavy atom. The zero-order valence-corrected chi connectivity index (χ0v) is 26.3. The van der Waals surface area contributed by atoms with Crippen molar-refractivity contribution in [3.8, 4) is 17.2 Å². The van der Waals surface area contributed by atoms with Crippen LogP contribution in [0.25, 0.3) is 0 Å². The van der Waals surface area contributed by atoms with Crippen molar-refractivity contribution in [1.82, 2.24) is 15.5 Å². The van der Waals surface area contributed by atoms with Gasteiger partial charge in [-0.2, -0.15) is 0 Å². The van der Waals surface area contributed by atoms with E-state index in [0.29, 0.717) is 63.9 Å². The van der Waals surface area contributed by atoms with E-state index in [1.165, 1.54) is 0 Å². The predicted molar refractivity (Wildman–Crippen MR) is 174 cm³/mol. The summed E-state index contributed by atoms with van der Waals surface area (Å²) < 4.78 is 34.2. The van der Waals surface area contributed by atoms with Crippen molar-refractivity contribution in [2.45, 2.75) is 18.3 Å². The summed E-state index contributed by atoms with van der Waals surface area (Å²) in [5.74, 6) is 2.17. The van der Waals surface area contributed by atoms with Crippen LogP contribution in [0.3, 0.4) is 0 Å². The highest BCUT2D eigenvalue weighted by molar-refractivity contribution is 5.22. The molecule has 0 heterocycles. The number of aliphatic hydroxyl groups excluding tert-OH is 3. The van der Waals surface area contributed by atoms with E-state index in [1.54, 1.807) is 0 Å². The second-order valence-corrected chi connectivity index (χ2v) is 10.3. The molecule has 5 N–H and O–H groups in total. The fraction of sp³-hybridized carbons (Fsp3) is 0.471. The van der Waals surface area contributed by atoms with Crippen molar-refractivity contribution in [2.75, 3.05) is 86.0 Å². The standard InChI is InChI=1S/C34H49N3O9/c38-26-44-32(23-41-29-10-4-1-5-11-29)20-36-17-16-35-18-19-37(21-33(45-27-39)24-42-30-12-6-2-7-13-30)22-34(46-28-40)25-43-31-14-8-3-9-15-31/h1-15,32-36,38-40H,16-28H2. The van der Waals surface area contributed by atoms with Crippen LogP contribution < -0.4 is 24.8 Å². The largest absolute Gasteiger partial charge is 0.491 e. The van der Waals surface area contributed by atoms with Crippen LogP contribution in [0.15, 0.2) is 91.0 Å². The molecular weight excluding hydrogens is 594 g/mol. The van der Waals surface area contributed by atoms with Crippen molar-refractivity contribution in [3.63, 3.8) is 0 Å². The first-order valence-corrected chi connectivity index (χ1v) is 15.5. The number of hydrogen-bond donors (Lipinski definition) is 5. The Kier molecular flexibility index (Phi) is 19.4. The molecule has 0 saturated heterocycles. The normalized spacial score (nSPS) is 13.3. The molecule has 254 valence electrons. The first kappa shape index (κ1) is 37.2. The predicted octanol–water partition coefficient (Wildman–Crippen LogP) is 1.71. The highest BCUT2D eigenvalue weighted by Crippen LogP contribution is 2.13. The van der Waals surface area contributed by atoms with Gasteiger partial charge in [-0.05, 0) is 36.4 Å². The molecule has 12 heteroatoms. The summed E-state index contributed by atoms with van der Waals surface area (Å²) in [4.78, 5) is 2.13. The molecule has 0 fully saturated rings. The Balaban J connectivity index is 1.48. The van der Waals surface area contributed by atoms with Gasteiger partial charge in [0.1, 0.15) is 75.8 Å². The van der Waals surface area contributed by atoms with Crippen LogP contribution in [0.1, 0.15) is 0 Å². The molecule has 46 heavy (non-hydrogen) atoms. The molecule has 0 bridgehead atoms. The third-order valence-electron chi connectivity index (χ3n) is 6.85. The molecule has 3 unspecified atom stereocenters. The van der Waals surface area contributed by atoms with Gasteiger partial charge in [-0.15, -0.1) is 0 Å². The summed E-state index contributed by atoms with van der Waals surface area (Å²) in [6.45, 7) is 3.63.